The number of allylic oxidation sites excluding steroid dienone is 1. The Morgan fingerprint density at radius 1 is 0.923 bits per heavy atom. The van der Waals surface area contributed by atoms with E-state index >= 15 is 0 Å². The van der Waals surface area contributed by atoms with E-state index in [0.717, 1.165) is 42.2 Å². The number of fused-ring (bicyclic) bond motifs is 1. The van der Waals surface area contributed by atoms with Crippen molar-refractivity contribution in [1.82, 2.24) is 10.2 Å². The van der Waals surface area contributed by atoms with E-state index in [2.05, 4.69) is 46.6 Å². The molecule has 1 aliphatic carbocycles. The van der Waals surface area contributed by atoms with Crippen molar-refractivity contribution in [3.8, 4) is 0 Å². The van der Waals surface area contributed by atoms with Gasteiger partial charge in [-0.2, -0.15) is 0 Å². The van der Waals surface area contributed by atoms with Crippen LogP contribution in [-0.4, -0.2) is 23.2 Å². The van der Waals surface area contributed by atoms with Crippen LogP contribution in [0, 0.1) is 0 Å². The van der Waals surface area contributed by atoms with E-state index in [9.17, 15) is 4.79 Å². The molecule has 0 spiro atoms. The Morgan fingerprint density at radius 3 is 2.35 bits per heavy atom. The van der Waals surface area contributed by atoms with Crippen molar-refractivity contribution in [1.29, 1.82) is 0 Å². The minimum absolute atomic E-state index is 0.0345. The highest BCUT2D eigenvalue weighted by atomic mass is 16.1. The van der Waals surface area contributed by atoms with Crippen LogP contribution in [0.3, 0.4) is 0 Å². The van der Waals surface area contributed by atoms with Gasteiger partial charge in [0.15, 0.2) is 11.7 Å². The van der Waals surface area contributed by atoms with Gasteiger partial charge in [-0.3, -0.25) is 4.79 Å². The number of benzene rings is 2. The SMILES string of the molecule is O=C1CCCC2=C1C(c1ccccc1)N1CC(c3ccccc3)N=C1N2. The number of guanidine groups is 1. The van der Waals surface area contributed by atoms with Gasteiger partial charge in [0.1, 0.15) is 0 Å². The number of carbonyl (C=O) groups excluding carboxylic acids is 1. The third-order valence-electron chi connectivity index (χ3n) is 5.52. The zero-order chi connectivity index (χ0) is 17.5. The van der Waals surface area contributed by atoms with E-state index < -0.39 is 0 Å². The molecule has 130 valence electrons. The number of rotatable bonds is 2. The predicted molar refractivity (Wildman–Crippen MR) is 102 cm³/mol. The summed E-state index contributed by atoms with van der Waals surface area (Å²) in [5.41, 5.74) is 4.39. The number of hydrogen-bond donors (Lipinski definition) is 1. The topological polar surface area (TPSA) is 44.7 Å². The monoisotopic (exact) mass is 343 g/mol. The molecule has 0 radical (unpaired) electrons. The zero-order valence-corrected chi connectivity index (χ0v) is 14.6. The minimum Gasteiger partial charge on any atom is -0.329 e. The first kappa shape index (κ1) is 15.4. The molecule has 3 aliphatic rings. The maximum atomic E-state index is 12.8. The first-order valence-electron chi connectivity index (χ1n) is 9.29. The molecule has 2 aliphatic heterocycles. The Bertz CT molecular complexity index is 901. The average Bonchev–Trinajstić information content (AvgIpc) is 3.12. The average molecular weight is 343 g/mol. The number of carbonyl (C=O) groups is 1. The molecule has 2 heterocycles. The lowest BCUT2D eigenvalue weighted by Crippen LogP contribution is -2.48. The summed E-state index contributed by atoms with van der Waals surface area (Å²) in [7, 11) is 0. The van der Waals surface area contributed by atoms with E-state index in [1.807, 2.05) is 24.3 Å². The molecule has 0 amide bonds. The highest BCUT2D eigenvalue weighted by molar-refractivity contribution is 6.01. The van der Waals surface area contributed by atoms with Gasteiger partial charge >= 0.3 is 0 Å². The summed E-state index contributed by atoms with van der Waals surface area (Å²) in [5, 5.41) is 3.48. The molecular formula is C22H21N3O. The van der Waals surface area contributed by atoms with E-state index in [1.54, 1.807) is 0 Å². The van der Waals surface area contributed by atoms with E-state index in [4.69, 9.17) is 4.99 Å². The van der Waals surface area contributed by atoms with Gasteiger partial charge in [0.05, 0.1) is 12.1 Å². The summed E-state index contributed by atoms with van der Waals surface area (Å²) in [6.45, 7) is 0.788. The fourth-order valence-corrected chi connectivity index (χ4v) is 4.31. The molecule has 2 unspecified atom stereocenters. The number of nitrogens with one attached hydrogen (secondary N) is 1. The second kappa shape index (κ2) is 6.13. The Balaban J connectivity index is 1.59. The Morgan fingerprint density at radius 2 is 1.62 bits per heavy atom. The zero-order valence-electron chi connectivity index (χ0n) is 14.6. The molecule has 4 heteroatoms. The van der Waals surface area contributed by atoms with Crippen LogP contribution in [-0.2, 0) is 4.79 Å². The van der Waals surface area contributed by atoms with Crippen LogP contribution in [0.25, 0.3) is 0 Å². The van der Waals surface area contributed by atoms with Crippen LogP contribution in [0.1, 0.15) is 42.5 Å². The summed E-state index contributed by atoms with van der Waals surface area (Å²) < 4.78 is 0. The Hall–Kier alpha value is -2.88. The maximum Gasteiger partial charge on any atom is 0.199 e. The van der Waals surface area contributed by atoms with Crippen LogP contribution >= 0.6 is 0 Å². The first-order valence-corrected chi connectivity index (χ1v) is 9.29. The molecule has 0 bridgehead atoms. The van der Waals surface area contributed by atoms with Gasteiger partial charge in [0, 0.05) is 24.2 Å². The number of aliphatic imine (C=N–C) groups is 1. The minimum atomic E-state index is -0.0345. The van der Waals surface area contributed by atoms with E-state index in [-0.39, 0.29) is 17.9 Å². The highest BCUT2D eigenvalue weighted by Crippen LogP contribution is 2.42. The number of Topliss-reactive ketones (excluding diaryl/α,β-unsaturated/α-hetero) is 1. The smallest absolute Gasteiger partial charge is 0.199 e. The number of ketones is 1. The molecule has 4 nitrogen and oxygen atoms in total. The van der Waals surface area contributed by atoms with Crippen molar-refractivity contribution < 1.29 is 4.79 Å². The molecule has 0 saturated carbocycles. The lowest BCUT2D eigenvalue weighted by Gasteiger charge is -2.40. The van der Waals surface area contributed by atoms with Crippen LogP contribution in [0.4, 0.5) is 0 Å². The summed E-state index contributed by atoms with van der Waals surface area (Å²) >= 11 is 0. The Kier molecular flexibility index (Phi) is 3.63. The van der Waals surface area contributed by atoms with Crippen molar-refractivity contribution in [2.75, 3.05) is 6.54 Å². The largest absolute Gasteiger partial charge is 0.329 e. The second-order valence-corrected chi connectivity index (χ2v) is 7.14. The van der Waals surface area contributed by atoms with Crippen LogP contribution in [0.5, 0.6) is 0 Å². The fourth-order valence-electron chi connectivity index (χ4n) is 4.31. The van der Waals surface area contributed by atoms with Crippen molar-refractivity contribution in [3.05, 3.63) is 83.1 Å². The van der Waals surface area contributed by atoms with Gasteiger partial charge in [0.25, 0.3) is 0 Å². The number of nitrogens with zero attached hydrogens (tertiary/aromatic N) is 2. The molecule has 0 saturated heterocycles. The van der Waals surface area contributed by atoms with Gasteiger partial charge in [-0.15, -0.1) is 0 Å². The summed E-state index contributed by atoms with van der Waals surface area (Å²) in [4.78, 5) is 20.0. The van der Waals surface area contributed by atoms with Crippen molar-refractivity contribution in [3.63, 3.8) is 0 Å². The lowest BCUT2D eigenvalue weighted by molar-refractivity contribution is -0.116. The molecule has 5 rings (SSSR count). The molecule has 0 fully saturated rings. The summed E-state index contributed by atoms with van der Waals surface area (Å²) in [6.07, 6.45) is 2.49. The molecule has 1 N–H and O–H groups in total. The normalized spacial score (nSPS) is 24.7. The molecular weight excluding hydrogens is 322 g/mol. The van der Waals surface area contributed by atoms with E-state index in [0.29, 0.717) is 6.42 Å². The molecule has 0 aromatic heterocycles. The Labute approximate surface area is 153 Å². The summed E-state index contributed by atoms with van der Waals surface area (Å²) in [5.74, 6) is 1.18. The van der Waals surface area contributed by atoms with Crippen LogP contribution in [0.15, 0.2) is 76.9 Å². The predicted octanol–water partition coefficient (Wildman–Crippen LogP) is 3.75. The maximum absolute atomic E-state index is 12.8. The molecule has 2 aromatic rings. The molecule has 26 heavy (non-hydrogen) atoms. The van der Waals surface area contributed by atoms with Gasteiger partial charge in [0.2, 0.25) is 0 Å². The quantitative estimate of drug-likeness (QED) is 0.903. The third kappa shape index (κ3) is 2.45. The van der Waals surface area contributed by atoms with Gasteiger partial charge in [-0.1, -0.05) is 60.7 Å². The van der Waals surface area contributed by atoms with Gasteiger partial charge in [-0.25, -0.2) is 4.99 Å². The van der Waals surface area contributed by atoms with Crippen molar-refractivity contribution >= 4 is 11.7 Å². The second-order valence-electron chi connectivity index (χ2n) is 7.14. The standard InChI is InChI=1S/C22H21N3O/c26-19-13-7-12-17-20(19)21(16-10-5-2-6-11-16)25-14-18(24-22(25)23-17)15-8-3-1-4-9-15/h1-6,8-11,18,21H,7,12-14H2,(H,23,24). The van der Waals surface area contributed by atoms with Crippen molar-refractivity contribution in [2.45, 2.75) is 31.3 Å². The van der Waals surface area contributed by atoms with Crippen LogP contribution < -0.4 is 5.32 Å². The highest BCUT2D eigenvalue weighted by Gasteiger charge is 2.42. The third-order valence-corrected chi connectivity index (χ3v) is 5.52. The van der Waals surface area contributed by atoms with E-state index in [1.165, 1.54) is 5.56 Å². The summed E-state index contributed by atoms with van der Waals surface area (Å²) in [6, 6.07) is 20.8. The van der Waals surface area contributed by atoms with Gasteiger partial charge < -0.3 is 10.2 Å². The molecule has 2 aromatic carbocycles. The van der Waals surface area contributed by atoms with Crippen LogP contribution in [0.2, 0.25) is 0 Å². The fraction of sp³-hybridized carbons (Fsp3) is 0.273. The van der Waals surface area contributed by atoms with Gasteiger partial charge in [-0.05, 0) is 24.0 Å². The first-order chi connectivity index (χ1) is 12.8. The molecule has 2 atom stereocenters. The van der Waals surface area contributed by atoms with Crippen molar-refractivity contribution in [2.24, 2.45) is 4.99 Å². The lowest BCUT2D eigenvalue weighted by atomic mass is 9.84. The number of hydrogen-bond acceptors (Lipinski definition) is 4.